The van der Waals surface area contributed by atoms with Crippen LogP contribution in [0.1, 0.15) is 26.2 Å². The molecule has 6 heteroatoms. The van der Waals surface area contributed by atoms with Crippen molar-refractivity contribution >= 4 is 23.1 Å². The molecule has 1 N–H and O–H groups in total. The Hall–Kier alpha value is -1.92. The van der Waals surface area contributed by atoms with Crippen LogP contribution in [0.2, 0.25) is 0 Å². The van der Waals surface area contributed by atoms with E-state index in [4.69, 9.17) is 4.74 Å². The van der Waals surface area contributed by atoms with Gasteiger partial charge in [0.05, 0.1) is 17.3 Å². The van der Waals surface area contributed by atoms with Crippen LogP contribution in [-0.2, 0) is 4.74 Å². The number of hydrogen-bond acceptors (Lipinski definition) is 4. The largest absolute Gasteiger partial charge is 0.376 e. The normalized spacial score (nSPS) is 17.5. The van der Waals surface area contributed by atoms with Gasteiger partial charge in [0.15, 0.2) is 0 Å². The number of urea groups is 1. The molecule has 1 aliphatic heterocycles. The van der Waals surface area contributed by atoms with Crippen molar-refractivity contribution < 1.29 is 9.53 Å². The molecule has 1 aliphatic rings. The zero-order valence-corrected chi connectivity index (χ0v) is 14.7. The third-order valence-corrected chi connectivity index (χ3v) is 4.80. The lowest BCUT2D eigenvalue weighted by Crippen LogP contribution is -2.41. The predicted octanol–water partition coefficient (Wildman–Crippen LogP) is 4.23. The summed E-state index contributed by atoms with van der Waals surface area (Å²) in [5.74, 6) is 0. The number of aromatic nitrogens is 1. The third kappa shape index (κ3) is 4.33. The molecule has 0 bridgehead atoms. The third-order valence-electron chi connectivity index (χ3n) is 4.21. The summed E-state index contributed by atoms with van der Waals surface area (Å²) in [6.07, 6.45) is 3.49. The second-order valence-electron chi connectivity index (χ2n) is 5.91. The van der Waals surface area contributed by atoms with Crippen LogP contribution in [-0.4, -0.2) is 41.7 Å². The number of benzene rings is 1. The van der Waals surface area contributed by atoms with Gasteiger partial charge in [0.2, 0.25) is 0 Å². The summed E-state index contributed by atoms with van der Waals surface area (Å²) in [5.41, 5.74) is 4.53. The van der Waals surface area contributed by atoms with Gasteiger partial charge in [0, 0.05) is 36.3 Å². The Kier molecular flexibility index (Phi) is 5.82. The molecule has 1 atom stereocenters. The van der Waals surface area contributed by atoms with Gasteiger partial charge in [-0.05, 0) is 38.3 Å². The summed E-state index contributed by atoms with van der Waals surface area (Å²) in [4.78, 5) is 18.7. The fourth-order valence-electron chi connectivity index (χ4n) is 2.87. The number of likely N-dealkylation sites (N-methyl/N-ethyl adjacent to an activating group) is 1. The first-order chi connectivity index (χ1) is 11.8. The number of thiazole rings is 1. The lowest BCUT2D eigenvalue weighted by Gasteiger charge is -2.29. The summed E-state index contributed by atoms with van der Waals surface area (Å²) < 4.78 is 5.75. The first-order valence-electron chi connectivity index (χ1n) is 8.42. The molecule has 0 spiro atoms. The number of carbonyl (C=O) groups is 1. The fourth-order valence-corrected chi connectivity index (χ4v) is 3.43. The van der Waals surface area contributed by atoms with Crippen molar-refractivity contribution in [2.24, 2.45) is 0 Å². The highest BCUT2D eigenvalue weighted by atomic mass is 32.1. The molecule has 1 aromatic carbocycles. The van der Waals surface area contributed by atoms with Gasteiger partial charge in [-0.2, -0.15) is 0 Å². The minimum absolute atomic E-state index is 0.0814. The lowest BCUT2D eigenvalue weighted by atomic mass is 10.1. The molecule has 1 aromatic heterocycles. The van der Waals surface area contributed by atoms with Crippen LogP contribution in [0.15, 0.2) is 35.2 Å². The Labute approximate surface area is 146 Å². The van der Waals surface area contributed by atoms with Gasteiger partial charge in [-0.3, -0.25) is 0 Å². The second-order valence-corrected chi connectivity index (χ2v) is 6.63. The number of nitrogens with zero attached hydrogens (tertiary/aromatic N) is 2. The maximum absolute atomic E-state index is 12.6. The van der Waals surface area contributed by atoms with Crippen LogP contribution in [0.4, 0.5) is 10.5 Å². The molecule has 0 aliphatic carbocycles. The number of anilines is 1. The number of carbonyl (C=O) groups excluding carboxylic acids is 1. The van der Waals surface area contributed by atoms with Crippen LogP contribution < -0.4 is 5.32 Å². The highest BCUT2D eigenvalue weighted by molar-refractivity contribution is 7.07. The topological polar surface area (TPSA) is 54.5 Å². The van der Waals surface area contributed by atoms with E-state index in [0.29, 0.717) is 13.1 Å². The molecule has 1 fully saturated rings. The van der Waals surface area contributed by atoms with E-state index < -0.39 is 0 Å². The average molecular weight is 345 g/mol. The molecular formula is C18H23N3O2S. The Morgan fingerprint density at radius 1 is 1.46 bits per heavy atom. The minimum atomic E-state index is -0.0814. The number of hydrogen-bond donors (Lipinski definition) is 1. The number of ether oxygens (including phenoxy) is 1. The lowest BCUT2D eigenvalue weighted by molar-refractivity contribution is 0.00221. The maximum atomic E-state index is 12.6. The molecule has 24 heavy (non-hydrogen) atoms. The van der Waals surface area contributed by atoms with Crippen molar-refractivity contribution in [3.05, 3.63) is 35.2 Å². The van der Waals surface area contributed by atoms with Gasteiger partial charge in [-0.25, -0.2) is 9.78 Å². The summed E-state index contributed by atoms with van der Waals surface area (Å²) >= 11 is 1.56. The van der Waals surface area contributed by atoms with E-state index in [9.17, 15) is 4.79 Å². The van der Waals surface area contributed by atoms with Crippen LogP contribution >= 0.6 is 11.3 Å². The molecule has 5 nitrogen and oxygen atoms in total. The average Bonchev–Trinajstić information content (AvgIpc) is 3.15. The van der Waals surface area contributed by atoms with Crippen LogP contribution in [0, 0.1) is 0 Å². The maximum Gasteiger partial charge on any atom is 0.321 e. The summed E-state index contributed by atoms with van der Waals surface area (Å²) in [5, 5.41) is 4.99. The van der Waals surface area contributed by atoms with E-state index in [2.05, 4.69) is 10.3 Å². The van der Waals surface area contributed by atoms with Gasteiger partial charge in [0.25, 0.3) is 0 Å². The molecule has 0 radical (unpaired) electrons. The van der Waals surface area contributed by atoms with Gasteiger partial charge < -0.3 is 15.0 Å². The molecular weight excluding hydrogens is 322 g/mol. The first-order valence-corrected chi connectivity index (χ1v) is 9.36. The first kappa shape index (κ1) is 16.9. The number of amides is 2. The molecule has 3 rings (SSSR count). The summed E-state index contributed by atoms with van der Waals surface area (Å²) in [7, 11) is 0. The summed E-state index contributed by atoms with van der Waals surface area (Å²) in [6, 6.07) is 7.71. The van der Waals surface area contributed by atoms with Crippen molar-refractivity contribution in [1.29, 1.82) is 0 Å². The predicted molar refractivity (Wildman–Crippen MR) is 97.4 cm³/mol. The zero-order chi connectivity index (χ0) is 16.8. The van der Waals surface area contributed by atoms with E-state index in [1.54, 1.807) is 11.3 Å². The SMILES string of the molecule is CCN(C[C@@H]1CCCCO1)C(=O)Nc1cccc(-c2cscn2)c1. The Morgan fingerprint density at radius 3 is 3.08 bits per heavy atom. The smallest absolute Gasteiger partial charge is 0.321 e. The molecule has 2 aromatic rings. The van der Waals surface area contributed by atoms with Gasteiger partial charge in [-0.1, -0.05) is 12.1 Å². The van der Waals surface area contributed by atoms with Crippen molar-refractivity contribution in [2.75, 3.05) is 25.0 Å². The van der Waals surface area contributed by atoms with E-state index in [0.717, 1.165) is 36.4 Å². The molecule has 2 amide bonds. The van der Waals surface area contributed by atoms with Gasteiger partial charge in [0.1, 0.15) is 0 Å². The van der Waals surface area contributed by atoms with Crippen molar-refractivity contribution in [3.8, 4) is 11.3 Å². The van der Waals surface area contributed by atoms with Gasteiger partial charge in [-0.15, -0.1) is 11.3 Å². The monoisotopic (exact) mass is 345 g/mol. The second kappa shape index (κ2) is 8.26. The Balaban J connectivity index is 1.63. The highest BCUT2D eigenvalue weighted by Gasteiger charge is 2.20. The minimum Gasteiger partial charge on any atom is -0.376 e. The van der Waals surface area contributed by atoms with Gasteiger partial charge >= 0.3 is 6.03 Å². The standard InChI is InChI=1S/C18H23N3O2S/c1-2-21(11-16-8-3-4-9-23-16)18(22)20-15-7-5-6-14(10-15)17-12-24-13-19-17/h5-7,10,12-13,16H,2-4,8-9,11H2,1H3,(H,20,22)/t16-/m0/s1. The summed E-state index contributed by atoms with van der Waals surface area (Å²) in [6.45, 7) is 4.11. The molecule has 0 saturated carbocycles. The van der Waals surface area contributed by atoms with E-state index in [1.807, 2.05) is 47.0 Å². The van der Waals surface area contributed by atoms with E-state index in [1.165, 1.54) is 6.42 Å². The quantitative estimate of drug-likeness (QED) is 0.882. The number of rotatable bonds is 5. The molecule has 128 valence electrons. The zero-order valence-electron chi connectivity index (χ0n) is 13.9. The van der Waals surface area contributed by atoms with Crippen molar-refractivity contribution in [3.63, 3.8) is 0 Å². The highest BCUT2D eigenvalue weighted by Crippen LogP contribution is 2.22. The van der Waals surface area contributed by atoms with Crippen molar-refractivity contribution in [2.45, 2.75) is 32.3 Å². The molecule has 0 unspecified atom stereocenters. The van der Waals surface area contributed by atoms with Crippen molar-refractivity contribution in [1.82, 2.24) is 9.88 Å². The number of nitrogens with one attached hydrogen (secondary N) is 1. The molecule has 1 saturated heterocycles. The van der Waals surface area contributed by atoms with Crippen LogP contribution in [0.5, 0.6) is 0 Å². The van der Waals surface area contributed by atoms with Crippen LogP contribution in [0.3, 0.4) is 0 Å². The van der Waals surface area contributed by atoms with Crippen LogP contribution in [0.25, 0.3) is 11.3 Å². The fraction of sp³-hybridized carbons (Fsp3) is 0.444. The Morgan fingerprint density at radius 2 is 2.38 bits per heavy atom. The van der Waals surface area contributed by atoms with E-state index >= 15 is 0 Å². The Bertz CT molecular complexity index is 654. The van der Waals surface area contributed by atoms with E-state index in [-0.39, 0.29) is 12.1 Å². The molecule has 2 heterocycles.